The molecular formula is C12H21N3O7. The Kier molecular flexibility index (Phi) is 7.88. The molecule has 10 nitrogen and oxygen atoms in total. The maximum atomic E-state index is 11.8. The van der Waals surface area contributed by atoms with Crippen molar-refractivity contribution < 1.29 is 34.5 Å². The number of hydrazine groups is 1. The second-order valence-corrected chi connectivity index (χ2v) is 5.05. The number of nitrogens with two attached hydrogens (primary N) is 1. The van der Waals surface area contributed by atoms with Crippen molar-refractivity contribution in [3.8, 4) is 0 Å². The van der Waals surface area contributed by atoms with E-state index in [0.717, 1.165) is 24.3 Å². The lowest BCUT2D eigenvalue weighted by Gasteiger charge is -2.33. The van der Waals surface area contributed by atoms with E-state index in [2.05, 4.69) is 0 Å². The predicted octanol–water partition coefficient (Wildman–Crippen LogP) is -0.357. The number of carboxylic acid groups (broad SMARTS) is 3. The van der Waals surface area contributed by atoms with Crippen molar-refractivity contribution in [3.63, 3.8) is 0 Å². The molecule has 2 atom stereocenters. The van der Waals surface area contributed by atoms with Gasteiger partial charge in [0.2, 0.25) is 5.91 Å². The van der Waals surface area contributed by atoms with Crippen LogP contribution < -0.4 is 5.84 Å². The Morgan fingerprint density at radius 1 is 1.00 bits per heavy atom. The number of carbonyl (C=O) groups is 4. The molecule has 0 spiro atoms. The second kappa shape index (κ2) is 8.82. The van der Waals surface area contributed by atoms with Crippen molar-refractivity contribution in [2.45, 2.75) is 31.7 Å². The van der Waals surface area contributed by atoms with Gasteiger partial charge in [-0.1, -0.05) is 6.42 Å². The fraction of sp³-hybridized carbons (Fsp3) is 0.667. The van der Waals surface area contributed by atoms with Crippen LogP contribution in [0.3, 0.4) is 0 Å². The summed E-state index contributed by atoms with van der Waals surface area (Å²) < 4.78 is 0. The third kappa shape index (κ3) is 6.39. The molecule has 0 aromatic heterocycles. The molecule has 2 amide bonds. The van der Waals surface area contributed by atoms with Gasteiger partial charge in [0, 0.05) is 20.0 Å². The Labute approximate surface area is 127 Å². The van der Waals surface area contributed by atoms with Crippen LogP contribution in [0.15, 0.2) is 0 Å². The number of hydrogen-bond donors (Lipinski definition) is 4. The summed E-state index contributed by atoms with van der Waals surface area (Å²) in [7, 11) is 3.42. The Morgan fingerprint density at radius 2 is 1.50 bits per heavy atom. The summed E-state index contributed by atoms with van der Waals surface area (Å²) in [5, 5.41) is 24.4. The molecule has 0 bridgehead atoms. The summed E-state index contributed by atoms with van der Waals surface area (Å²) in [6, 6.07) is -0.236. The highest BCUT2D eigenvalue weighted by atomic mass is 16.4. The van der Waals surface area contributed by atoms with Crippen LogP contribution >= 0.6 is 0 Å². The normalized spacial score (nSPS) is 20.1. The standard InChI is InChI=1S/C10H19N3O3.C2H2O4/c1-12(2)9(14)7-4-3-5-8(6-7)13(11)10(15)16;3-1(4)2(5)6/h7-8H,3-6,11H2,1-2H3,(H,15,16);(H,3,4)(H,5,6)/t7-,8?;/m0./s1. The minimum atomic E-state index is -1.82. The first-order valence-electron chi connectivity index (χ1n) is 6.52. The van der Waals surface area contributed by atoms with Gasteiger partial charge in [0.1, 0.15) is 0 Å². The number of aliphatic carboxylic acids is 2. The number of rotatable bonds is 2. The fourth-order valence-corrected chi connectivity index (χ4v) is 2.16. The molecule has 1 rings (SSSR count). The van der Waals surface area contributed by atoms with E-state index < -0.39 is 18.0 Å². The topological polar surface area (TPSA) is 161 Å². The highest BCUT2D eigenvalue weighted by Gasteiger charge is 2.32. The van der Waals surface area contributed by atoms with Crippen LogP contribution in [-0.2, 0) is 14.4 Å². The van der Waals surface area contributed by atoms with Gasteiger partial charge in [-0.25, -0.2) is 25.2 Å². The number of nitrogens with zero attached hydrogens (tertiary/aromatic N) is 2. The van der Waals surface area contributed by atoms with Gasteiger partial charge in [-0.2, -0.15) is 0 Å². The van der Waals surface area contributed by atoms with E-state index in [1.54, 1.807) is 19.0 Å². The minimum Gasteiger partial charge on any atom is -0.473 e. The highest BCUT2D eigenvalue weighted by Crippen LogP contribution is 2.27. The predicted molar refractivity (Wildman–Crippen MR) is 73.8 cm³/mol. The third-order valence-corrected chi connectivity index (χ3v) is 3.23. The fourth-order valence-electron chi connectivity index (χ4n) is 2.16. The maximum Gasteiger partial charge on any atom is 0.421 e. The van der Waals surface area contributed by atoms with Gasteiger partial charge in [-0.05, 0) is 19.3 Å². The van der Waals surface area contributed by atoms with Gasteiger partial charge in [0.25, 0.3) is 0 Å². The lowest BCUT2D eigenvalue weighted by Crippen LogP contribution is -2.48. The molecule has 0 aliphatic heterocycles. The van der Waals surface area contributed by atoms with E-state index in [1.807, 2.05) is 0 Å². The van der Waals surface area contributed by atoms with Gasteiger partial charge < -0.3 is 20.2 Å². The van der Waals surface area contributed by atoms with Gasteiger partial charge in [0.05, 0.1) is 6.04 Å². The molecule has 0 radical (unpaired) electrons. The number of carboxylic acids is 2. The molecule has 1 aliphatic carbocycles. The van der Waals surface area contributed by atoms with Gasteiger partial charge >= 0.3 is 18.0 Å². The quantitative estimate of drug-likeness (QED) is 0.232. The maximum absolute atomic E-state index is 11.8. The summed E-state index contributed by atoms with van der Waals surface area (Å²) in [5.74, 6) is 1.75. The average molecular weight is 319 g/mol. The molecule has 22 heavy (non-hydrogen) atoms. The zero-order valence-corrected chi connectivity index (χ0v) is 12.4. The second-order valence-electron chi connectivity index (χ2n) is 5.05. The first-order chi connectivity index (χ1) is 10.1. The first kappa shape index (κ1) is 19.6. The third-order valence-electron chi connectivity index (χ3n) is 3.23. The molecule has 1 aliphatic rings. The monoisotopic (exact) mass is 319 g/mol. The smallest absolute Gasteiger partial charge is 0.421 e. The van der Waals surface area contributed by atoms with E-state index in [-0.39, 0.29) is 17.9 Å². The van der Waals surface area contributed by atoms with Gasteiger partial charge in [0.15, 0.2) is 0 Å². The summed E-state index contributed by atoms with van der Waals surface area (Å²) in [5.41, 5.74) is 0. The van der Waals surface area contributed by atoms with Crippen LogP contribution in [0.25, 0.3) is 0 Å². The first-order valence-corrected chi connectivity index (χ1v) is 6.52. The highest BCUT2D eigenvalue weighted by molar-refractivity contribution is 6.27. The van der Waals surface area contributed by atoms with Gasteiger partial charge in [-0.15, -0.1) is 0 Å². The van der Waals surface area contributed by atoms with Crippen LogP contribution in [0, 0.1) is 5.92 Å². The van der Waals surface area contributed by atoms with E-state index in [0.29, 0.717) is 6.42 Å². The molecule has 10 heteroatoms. The summed E-state index contributed by atoms with van der Waals surface area (Å²) in [6.07, 6.45) is 1.79. The van der Waals surface area contributed by atoms with E-state index >= 15 is 0 Å². The molecule has 126 valence electrons. The molecule has 0 saturated heterocycles. The van der Waals surface area contributed by atoms with Crippen molar-refractivity contribution in [2.24, 2.45) is 11.8 Å². The van der Waals surface area contributed by atoms with E-state index in [9.17, 15) is 9.59 Å². The number of hydrogen-bond acceptors (Lipinski definition) is 5. The van der Waals surface area contributed by atoms with Crippen molar-refractivity contribution in [1.29, 1.82) is 0 Å². The summed E-state index contributed by atoms with van der Waals surface area (Å²) in [6.45, 7) is 0. The van der Waals surface area contributed by atoms with Gasteiger partial charge in [-0.3, -0.25) is 4.79 Å². The van der Waals surface area contributed by atoms with Crippen molar-refractivity contribution in [3.05, 3.63) is 0 Å². The van der Waals surface area contributed by atoms with Crippen molar-refractivity contribution in [1.82, 2.24) is 9.91 Å². The molecule has 5 N–H and O–H groups in total. The molecule has 1 fully saturated rings. The van der Waals surface area contributed by atoms with E-state index in [4.69, 9.17) is 30.8 Å². The number of carbonyl (C=O) groups excluding carboxylic acids is 1. The lowest BCUT2D eigenvalue weighted by molar-refractivity contribution is -0.159. The molecule has 0 aromatic carbocycles. The Bertz CT molecular complexity index is 426. The van der Waals surface area contributed by atoms with Crippen molar-refractivity contribution >= 4 is 23.9 Å². The van der Waals surface area contributed by atoms with E-state index in [1.165, 1.54) is 0 Å². The van der Waals surface area contributed by atoms with Crippen molar-refractivity contribution in [2.75, 3.05) is 14.1 Å². The lowest BCUT2D eigenvalue weighted by atomic mass is 9.84. The molecule has 0 heterocycles. The van der Waals surface area contributed by atoms with Crippen LogP contribution in [0.1, 0.15) is 25.7 Å². The SMILES string of the molecule is CN(C)C(=O)[C@H]1CCCC(N(N)C(=O)O)C1.O=C(O)C(=O)O. The van der Waals surface area contributed by atoms with Crippen LogP contribution in [0.4, 0.5) is 4.79 Å². The van der Waals surface area contributed by atoms with Crippen LogP contribution in [-0.4, -0.2) is 69.3 Å². The molecule has 1 unspecified atom stereocenters. The Hall–Kier alpha value is -2.36. The molecule has 1 saturated carbocycles. The summed E-state index contributed by atoms with van der Waals surface area (Å²) >= 11 is 0. The average Bonchev–Trinajstić information content (AvgIpc) is 2.46. The Morgan fingerprint density at radius 3 is 1.86 bits per heavy atom. The Balaban J connectivity index is 0.000000626. The molecule has 0 aromatic rings. The number of amides is 2. The molecular weight excluding hydrogens is 298 g/mol. The minimum absolute atomic E-state index is 0.0588. The van der Waals surface area contributed by atoms with Crippen LogP contribution in [0.5, 0.6) is 0 Å². The van der Waals surface area contributed by atoms with Crippen LogP contribution in [0.2, 0.25) is 0 Å². The summed E-state index contributed by atoms with van der Waals surface area (Å²) in [4.78, 5) is 42.2. The zero-order chi connectivity index (χ0) is 17.4. The zero-order valence-electron chi connectivity index (χ0n) is 12.4. The largest absolute Gasteiger partial charge is 0.473 e.